The van der Waals surface area contributed by atoms with Crippen molar-refractivity contribution in [3.05, 3.63) is 212 Å². The van der Waals surface area contributed by atoms with Crippen molar-refractivity contribution >= 4 is 49.8 Å². The first-order valence-corrected chi connectivity index (χ1v) is 18.4. The lowest BCUT2D eigenvalue weighted by atomic mass is 9.95. The number of furan rings is 1. The van der Waals surface area contributed by atoms with Crippen molar-refractivity contribution in [3.63, 3.8) is 0 Å². The molecule has 0 atom stereocenters. The zero-order valence-corrected chi connectivity index (χ0v) is 29.6. The van der Waals surface area contributed by atoms with Crippen molar-refractivity contribution in [1.29, 1.82) is 0 Å². The topological polar surface area (TPSA) is 16.4 Å². The standard InChI is InChI=1S/C52H35NO/c1-2-12-36(13-3-1)37-26-30-43(31-27-37)53(45-19-9-18-42(35-45)48-23-11-25-51-52(48)49-21-6-7-24-50(49)54-51)44-32-28-38(29-33-44)40-16-8-17-41(34-40)47-22-10-15-39-14-4-5-20-46(39)47/h1-35H. The van der Waals surface area contributed by atoms with Crippen LogP contribution in [0.15, 0.2) is 217 Å². The molecule has 254 valence electrons. The van der Waals surface area contributed by atoms with Crippen molar-refractivity contribution in [2.75, 3.05) is 4.90 Å². The van der Waals surface area contributed by atoms with Crippen molar-refractivity contribution in [1.82, 2.24) is 0 Å². The van der Waals surface area contributed by atoms with Gasteiger partial charge in [-0.2, -0.15) is 0 Å². The normalized spacial score (nSPS) is 11.3. The van der Waals surface area contributed by atoms with E-state index >= 15 is 0 Å². The third kappa shape index (κ3) is 5.71. The molecule has 0 N–H and O–H groups in total. The number of anilines is 3. The van der Waals surface area contributed by atoms with Crippen molar-refractivity contribution in [2.45, 2.75) is 0 Å². The Hall–Kier alpha value is -7.16. The molecule has 2 nitrogen and oxygen atoms in total. The van der Waals surface area contributed by atoms with Crippen LogP contribution < -0.4 is 4.90 Å². The molecule has 0 aliphatic carbocycles. The minimum atomic E-state index is 0.896. The third-order valence-corrected chi connectivity index (χ3v) is 10.5. The average Bonchev–Trinajstić information content (AvgIpc) is 3.64. The van der Waals surface area contributed by atoms with E-state index in [1.807, 2.05) is 12.1 Å². The van der Waals surface area contributed by atoms with Gasteiger partial charge in [-0.25, -0.2) is 0 Å². The van der Waals surface area contributed by atoms with E-state index < -0.39 is 0 Å². The Labute approximate surface area is 314 Å². The molecule has 1 heterocycles. The Bertz CT molecular complexity index is 2920. The first kappa shape index (κ1) is 31.6. The van der Waals surface area contributed by atoms with Crippen LogP contribution in [0.25, 0.3) is 77.2 Å². The van der Waals surface area contributed by atoms with Crippen LogP contribution in [0.5, 0.6) is 0 Å². The molecule has 0 aliphatic rings. The molecule has 0 amide bonds. The molecular formula is C52H35NO. The molecule has 0 unspecified atom stereocenters. The van der Waals surface area contributed by atoms with Crippen LogP contribution in [0.2, 0.25) is 0 Å². The number of rotatable bonds is 7. The lowest BCUT2D eigenvalue weighted by molar-refractivity contribution is 0.669. The van der Waals surface area contributed by atoms with E-state index in [0.717, 1.165) is 50.1 Å². The van der Waals surface area contributed by atoms with E-state index in [-0.39, 0.29) is 0 Å². The number of benzene rings is 9. The van der Waals surface area contributed by atoms with Crippen molar-refractivity contribution in [3.8, 4) is 44.5 Å². The molecule has 0 saturated heterocycles. The summed E-state index contributed by atoms with van der Waals surface area (Å²) in [5, 5.41) is 4.78. The van der Waals surface area contributed by atoms with Crippen LogP contribution in [0.4, 0.5) is 17.1 Å². The van der Waals surface area contributed by atoms with Crippen LogP contribution in [-0.4, -0.2) is 0 Å². The number of nitrogens with zero attached hydrogens (tertiary/aromatic N) is 1. The van der Waals surface area contributed by atoms with E-state index in [2.05, 4.69) is 205 Å². The summed E-state index contributed by atoms with van der Waals surface area (Å²) >= 11 is 0. The summed E-state index contributed by atoms with van der Waals surface area (Å²) in [7, 11) is 0. The third-order valence-electron chi connectivity index (χ3n) is 10.5. The molecule has 2 heteroatoms. The number of hydrogen-bond donors (Lipinski definition) is 0. The number of hydrogen-bond acceptors (Lipinski definition) is 2. The molecule has 54 heavy (non-hydrogen) atoms. The SMILES string of the molecule is c1ccc(-c2ccc(N(c3ccc(-c4cccc(-c5cccc6ccccc56)c4)cc3)c3cccc(-c4cccc5oc6ccccc6c45)c3)cc2)cc1. The maximum atomic E-state index is 6.27. The van der Waals surface area contributed by atoms with Gasteiger partial charge in [0.05, 0.1) is 0 Å². The van der Waals surface area contributed by atoms with E-state index in [1.54, 1.807) is 0 Å². The molecule has 0 spiro atoms. The molecule has 10 aromatic rings. The molecule has 10 rings (SSSR count). The van der Waals surface area contributed by atoms with Crippen LogP contribution in [0.1, 0.15) is 0 Å². The Kier molecular flexibility index (Phi) is 7.85. The Morgan fingerprint density at radius 3 is 1.61 bits per heavy atom. The lowest BCUT2D eigenvalue weighted by Crippen LogP contribution is -2.10. The second-order valence-electron chi connectivity index (χ2n) is 13.7. The fourth-order valence-electron chi connectivity index (χ4n) is 7.85. The molecule has 1 aromatic heterocycles. The fourth-order valence-corrected chi connectivity index (χ4v) is 7.85. The molecule has 0 saturated carbocycles. The van der Waals surface area contributed by atoms with Gasteiger partial charge in [0.1, 0.15) is 11.2 Å². The van der Waals surface area contributed by atoms with Crippen LogP contribution in [0, 0.1) is 0 Å². The quantitative estimate of drug-likeness (QED) is 0.166. The monoisotopic (exact) mass is 689 g/mol. The van der Waals surface area contributed by atoms with Crippen LogP contribution in [-0.2, 0) is 0 Å². The van der Waals surface area contributed by atoms with E-state index in [4.69, 9.17) is 4.42 Å². The highest BCUT2D eigenvalue weighted by Crippen LogP contribution is 2.41. The van der Waals surface area contributed by atoms with Crippen LogP contribution >= 0.6 is 0 Å². The highest BCUT2D eigenvalue weighted by atomic mass is 16.3. The minimum absolute atomic E-state index is 0.896. The van der Waals surface area contributed by atoms with E-state index in [1.165, 1.54) is 44.2 Å². The van der Waals surface area contributed by atoms with Gasteiger partial charge in [-0.15, -0.1) is 0 Å². The summed E-state index contributed by atoms with van der Waals surface area (Å²) in [4.78, 5) is 2.35. The zero-order chi connectivity index (χ0) is 35.8. The average molecular weight is 690 g/mol. The van der Waals surface area contributed by atoms with Gasteiger partial charge < -0.3 is 9.32 Å². The van der Waals surface area contributed by atoms with Crippen molar-refractivity contribution in [2.24, 2.45) is 0 Å². The van der Waals surface area contributed by atoms with Gasteiger partial charge in [0, 0.05) is 27.8 Å². The summed E-state index contributed by atoms with van der Waals surface area (Å²) in [5.74, 6) is 0. The lowest BCUT2D eigenvalue weighted by Gasteiger charge is -2.26. The van der Waals surface area contributed by atoms with Gasteiger partial charge in [0.2, 0.25) is 0 Å². The van der Waals surface area contributed by atoms with Gasteiger partial charge in [-0.05, 0) is 110 Å². The molecule has 0 radical (unpaired) electrons. The van der Waals surface area contributed by atoms with Crippen LogP contribution in [0.3, 0.4) is 0 Å². The molecular weight excluding hydrogens is 655 g/mol. The number of fused-ring (bicyclic) bond motifs is 4. The summed E-state index contributed by atoms with van der Waals surface area (Å²) in [6, 6.07) is 75.9. The maximum Gasteiger partial charge on any atom is 0.136 e. The molecule has 0 fully saturated rings. The summed E-state index contributed by atoms with van der Waals surface area (Å²) in [6.07, 6.45) is 0. The minimum Gasteiger partial charge on any atom is -0.456 e. The predicted molar refractivity (Wildman–Crippen MR) is 228 cm³/mol. The van der Waals surface area contributed by atoms with Gasteiger partial charge >= 0.3 is 0 Å². The first-order valence-electron chi connectivity index (χ1n) is 18.4. The smallest absolute Gasteiger partial charge is 0.136 e. The van der Waals surface area contributed by atoms with E-state index in [9.17, 15) is 0 Å². The highest BCUT2D eigenvalue weighted by molar-refractivity contribution is 6.12. The van der Waals surface area contributed by atoms with Gasteiger partial charge in [0.15, 0.2) is 0 Å². The van der Waals surface area contributed by atoms with Gasteiger partial charge in [0.25, 0.3) is 0 Å². The van der Waals surface area contributed by atoms with Gasteiger partial charge in [-0.3, -0.25) is 0 Å². The highest BCUT2D eigenvalue weighted by Gasteiger charge is 2.17. The fraction of sp³-hybridized carbons (Fsp3) is 0. The molecule has 0 aliphatic heterocycles. The molecule has 9 aromatic carbocycles. The van der Waals surface area contributed by atoms with Gasteiger partial charge in [-0.1, -0.05) is 158 Å². The zero-order valence-electron chi connectivity index (χ0n) is 29.6. The Balaban J connectivity index is 1.06. The maximum absolute atomic E-state index is 6.27. The predicted octanol–water partition coefficient (Wildman–Crippen LogP) is 14.9. The summed E-state index contributed by atoms with van der Waals surface area (Å²) < 4.78 is 6.27. The first-order chi connectivity index (χ1) is 26.8. The Morgan fingerprint density at radius 2 is 0.815 bits per heavy atom. The Morgan fingerprint density at radius 1 is 0.296 bits per heavy atom. The number of para-hydroxylation sites is 1. The largest absolute Gasteiger partial charge is 0.456 e. The summed E-state index contributed by atoms with van der Waals surface area (Å²) in [5.41, 5.74) is 14.5. The molecule has 0 bridgehead atoms. The second-order valence-corrected chi connectivity index (χ2v) is 13.7. The van der Waals surface area contributed by atoms with E-state index in [0.29, 0.717) is 0 Å². The second kappa shape index (κ2) is 13.4. The van der Waals surface area contributed by atoms with Crippen molar-refractivity contribution < 1.29 is 4.42 Å². The summed E-state index contributed by atoms with van der Waals surface area (Å²) in [6.45, 7) is 0.